The van der Waals surface area contributed by atoms with Gasteiger partial charge in [-0.05, 0) is 39.7 Å². The van der Waals surface area contributed by atoms with E-state index in [9.17, 15) is 0 Å². The summed E-state index contributed by atoms with van der Waals surface area (Å²) in [5, 5.41) is 6.97. The average Bonchev–Trinajstić information content (AvgIpc) is 2.87. The highest BCUT2D eigenvalue weighted by molar-refractivity contribution is 5.56. The van der Waals surface area contributed by atoms with E-state index in [0.29, 0.717) is 12.1 Å². The van der Waals surface area contributed by atoms with Crippen molar-refractivity contribution in [2.75, 3.05) is 30.3 Å². The molecule has 0 amide bonds. The molecule has 2 saturated heterocycles. The Morgan fingerprint density at radius 3 is 2.90 bits per heavy atom. The Bertz CT molecular complexity index is 462. The lowest BCUT2D eigenvalue weighted by atomic mass is 9.99. The molecule has 0 radical (unpaired) electrons. The number of hydrogen-bond acceptors (Lipinski definition) is 5. The maximum atomic E-state index is 4.44. The second-order valence-electron chi connectivity index (χ2n) is 5.86. The minimum absolute atomic E-state index is 0.540. The van der Waals surface area contributed by atoms with Crippen LogP contribution < -0.4 is 10.6 Å². The van der Waals surface area contributed by atoms with Crippen molar-refractivity contribution in [1.82, 2.24) is 14.9 Å². The summed E-state index contributed by atoms with van der Waals surface area (Å²) in [7, 11) is 0. The van der Waals surface area contributed by atoms with Crippen LogP contribution in [0.25, 0.3) is 0 Å². The molecule has 2 N–H and O–H groups in total. The Balaban J connectivity index is 1.73. The molecule has 0 aromatic carbocycles. The fraction of sp³-hybridized carbons (Fsp3) is 0.733. The highest BCUT2D eigenvalue weighted by Gasteiger charge is 2.35. The van der Waals surface area contributed by atoms with E-state index >= 15 is 0 Å². The van der Waals surface area contributed by atoms with Crippen molar-refractivity contribution >= 4 is 11.6 Å². The van der Waals surface area contributed by atoms with E-state index in [-0.39, 0.29) is 0 Å². The van der Waals surface area contributed by atoms with Gasteiger partial charge in [0.05, 0.1) is 0 Å². The van der Waals surface area contributed by atoms with Crippen molar-refractivity contribution in [3.63, 3.8) is 0 Å². The third kappa shape index (κ3) is 2.59. The third-order valence-electron chi connectivity index (χ3n) is 4.61. The largest absolute Gasteiger partial charge is 0.370 e. The number of piperidine rings is 1. The smallest absolute Gasteiger partial charge is 0.134 e. The van der Waals surface area contributed by atoms with E-state index in [4.69, 9.17) is 0 Å². The summed E-state index contributed by atoms with van der Waals surface area (Å²) in [6.45, 7) is 7.57. The third-order valence-corrected chi connectivity index (χ3v) is 4.61. The summed E-state index contributed by atoms with van der Waals surface area (Å²) in [4.78, 5) is 11.4. The normalized spacial score (nSPS) is 26.3. The maximum absolute atomic E-state index is 4.44. The Kier molecular flexibility index (Phi) is 4.05. The number of rotatable bonds is 4. The fourth-order valence-corrected chi connectivity index (χ4v) is 3.53. The second kappa shape index (κ2) is 5.95. The van der Waals surface area contributed by atoms with Crippen molar-refractivity contribution in [2.45, 2.75) is 51.6 Å². The zero-order valence-electron chi connectivity index (χ0n) is 12.5. The van der Waals surface area contributed by atoms with E-state index in [1.807, 2.05) is 0 Å². The number of aromatic nitrogens is 2. The Morgan fingerprint density at radius 2 is 2.05 bits per heavy atom. The first-order valence-corrected chi connectivity index (χ1v) is 7.85. The van der Waals surface area contributed by atoms with Crippen molar-refractivity contribution in [1.29, 1.82) is 0 Å². The number of nitrogens with one attached hydrogen (secondary N) is 2. The summed E-state index contributed by atoms with van der Waals surface area (Å²) < 4.78 is 0. The van der Waals surface area contributed by atoms with E-state index in [1.165, 1.54) is 38.8 Å². The molecule has 2 atom stereocenters. The van der Waals surface area contributed by atoms with Crippen LogP contribution in [0.15, 0.2) is 6.33 Å². The van der Waals surface area contributed by atoms with Crippen LogP contribution in [0.4, 0.5) is 11.6 Å². The number of anilines is 2. The zero-order chi connectivity index (χ0) is 13.9. The van der Waals surface area contributed by atoms with Crippen LogP contribution in [0, 0.1) is 6.92 Å². The quantitative estimate of drug-likeness (QED) is 0.883. The lowest BCUT2D eigenvalue weighted by Gasteiger charge is -2.33. The first kappa shape index (κ1) is 13.6. The first-order chi connectivity index (χ1) is 9.79. The molecule has 3 heterocycles. The SMILES string of the molecule is CCNc1ncnc(NC2CCN3CCCCC23)c1C. The zero-order valence-corrected chi connectivity index (χ0v) is 12.5. The van der Waals surface area contributed by atoms with Gasteiger partial charge in [0.15, 0.2) is 0 Å². The van der Waals surface area contributed by atoms with Crippen LogP contribution >= 0.6 is 0 Å². The Labute approximate surface area is 121 Å². The van der Waals surface area contributed by atoms with Gasteiger partial charge in [-0.15, -0.1) is 0 Å². The van der Waals surface area contributed by atoms with E-state index < -0.39 is 0 Å². The lowest BCUT2D eigenvalue weighted by Crippen LogP contribution is -2.42. The van der Waals surface area contributed by atoms with Crippen molar-refractivity contribution < 1.29 is 0 Å². The van der Waals surface area contributed by atoms with Crippen molar-refractivity contribution in [2.24, 2.45) is 0 Å². The molecule has 2 aliphatic heterocycles. The molecule has 2 unspecified atom stereocenters. The molecule has 0 bridgehead atoms. The highest BCUT2D eigenvalue weighted by Crippen LogP contribution is 2.30. The molecule has 0 saturated carbocycles. The van der Waals surface area contributed by atoms with Crippen LogP contribution in [0.1, 0.15) is 38.2 Å². The highest BCUT2D eigenvalue weighted by atomic mass is 15.2. The lowest BCUT2D eigenvalue weighted by molar-refractivity contribution is 0.192. The number of fused-ring (bicyclic) bond motifs is 1. The van der Waals surface area contributed by atoms with Crippen LogP contribution in [0.2, 0.25) is 0 Å². The van der Waals surface area contributed by atoms with E-state index in [0.717, 1.165) is 23.7 Å². The van der Waals surface area contributed by atoms with Gasteiger partial charge in [-0.25, -0.2) is 9.97 Å². The fourth-order valence-electron chi connectivity index (χ4n) is 3.53. The van der Waals surface area contributed by atoms with Crippen molar-refractivity contribution in [3.8, 4) is 0 Å². The molecule has 1 aromatic rings. The van der Waals surface area contributed by atoms with Crippen LogP contribution in [-0.4, -0.2) is 46.6 Å². The predicted octanol–water partition coefficient (Wildman–Crippen LogP) is 2.26. The van der Waals surface area contributed by atoms with Crippen molar-refractivity contribution in [3.05, 3.63) is 11.9 Å². The molecule has 2 aliphatic rings. The molecule has 1 aromatic heterocycles. The second-order valence-corrected chi connectivity index (χ2v) is 5.86. The molecular weight excluding hydrogens is 250 g/mol. The summed E-state index contributed by atoms with van der Waals surface area (Å²) in [6, 6.07) is 1.24. The number of hydrogen-bond donors (Lipinski definition) is 2. The molecule has 0 spiro atoms. The standard InChI is InChI=1S/C15H25N5/c1-3-16-14-11(2)15(18-10-17-14)19-12-7-9-20-8-5-4-6-13(12)20/h10,12-13H,3-9H2,1-2H3,(H2,16,17,18,19). The molecule has 110 valence electrons. The maximum Gasteiger partial charge on any atom is 0.134 e. The van der Waals surface area contributed by atoms with Gasteiger partial charge in [-0.1, -0.05) is 6.42 Å². The molecule has 5 nitrogen and oxygen atoms in total. The van der Waals surface area contributed by atoms with Gasteiger partial charge < -0.3 is 10.6 Å². The molecule has 20 heavy (non-hydrogen) atoms. The molecule has 3 rings (SSSR count). The minimum Gasteiger partial charge on any atom is -0.370 e. The van der Waals surface area contributed by atoms with Gasteiger partial charge in [0.1, 0.15) is 18.0 Å². The van der Waals surface area contributed by atoms with Gasteiger partial charge in [-0.3, -0.25) is 4.90 Å². The Hall–Kier alpha value is -1.36. The van der Waals surface area contributed by atoms with Gasteiger partial charge in [0.25, 0.3) is 0 Å². The molecule has 2 fully saturated rings. The van der Waals surface area contributed by atoms with Crippen LogP contribution in [0.3, 0.4) is 0 Å². The van der Waals surface area contributed by atoms with Gasteiger partial charge in [0, 0.05) is 30.7 Å². The number of nitrogens with zero attached hydrogens (tertiary/aromatic N) is 3. The summed E-state index contributed by atoms with van der Waals surface area (Å²) in [6.07, 6.45) is 6.93. The molecular formula is C15H25N5. The van der Waals surface area contributed by atoms with Gasteiger partial charge in [-0.2, -0.15) is 0 Å². The molecule has 5 heteroatoms. The topological polar surface area (TPSA) is 53.1 Å². The van der Waals surface area contributed by atoms with Gasteiger partial charge in [0.2, 0.25) is 0 Å². The van der Waals surface area contributed by atoms with E-state index in [2.05, 4.69) is 39.3 Å². The summed E-state index contributed by atoms with van der Waals surface area (Å²) in [5.41, 5.74) is 1.13. The summed E-state index contributed by atoms with van der Waals surface area (Å²) >= 11 is 0. The monoisotopic (exact) mass is 275 g/mol. The van der Waals surface area contributed by atoms with Crippen LogP contribution in [0.5, 0.6) is 0 Å². The van der Waals surface area contributed by atoms with Crippen LogP contribution in [-0.2, 0) is 0 Å². The van der Waals surface area contributed by atoms with Gasteiger partial charge >= 0.3 is 0 Å². The predicted molar refractivity (Wildman–Crippen MR) is 82.2 cm³/mol. The minimum atomic E-state index is 0.540. The first-order valence-electron chi connectivity index (χ1n) is 7.85. The summed E-state index contributed by atoms with van der Waals surface area (Å²) in [5.74, 6) is 1.94. The average molecular weight is 275 g/mol. The van der Waals surface area contributed by atoms with E-state index in [1.54, 1.807) is 6.33 Å². The Morgan fingerprint density at radius 1 is 1.20 bits per heavy atom. The molecule has 0 aliphatic carbocycles.